The van der Waals surface area contributed by atoms with E-state index in [2.05, 4.69) is 241 Å². The van der Waals surface area contributed by atoms with Crippen molar-refractivity contribution in [3.8, 4) is 44.5 Å². The number of furan rings is 1. The molecule has 0 fully saturated rings. The first-order valence-electron chi connectivity index (χ1n) is 21.3. The number of hydrogen-bond donors (Lipinski definition) is 0. The fourth-order valence-corrected chi connectivity index (χ4v) is 9.53. The lowest BCUT2D eigenvalue weighted by atomic mass is 9.89. The molecule has 0 spiro atoms. The number of anilines is 3. The van der Waals surface area contributed by atoms with E-state index in [-0.39, 0.29) is 0 Å². The smallest absolute Gasteiger partial charge is 0.143 e. The molecule has 2 nitrogen and oxygen atoms in total. The fourth-order valence-electron chi connectivity index (χ4n) is 9.53. The molecule has 0 unspecified atom stereocenters. The zero-order valence-corrected chi connectivity index (χ0v) is 33.9. The summed E-state index contributed by atoms with van der Waals surface area (Å²) < 4.78 is 7.23. The standard InChI is InChI=1S/C60H39NO/c1-3-14-40(15-4-1)42-26-32-46(33-27-42)61(47-34-28-43(29-35-47)41-16-5-2-6-17-41)48-36-30-45(31-37-48)57-54(50-25-13-19-44-18-7-8-20-49(44)50)38-39-56-58-53-23-11-9-21-51(53)52-22-10-12-24-55(52)59(58)62-60(56)57/h1-39H. The van der Waals surface area contributed by atoms with Crippen molar-refractivity contribution in [2.24, 2.45) is 0 Å². The van der Waals surface area contributed by atoms with Crippen molar-refractivity contribution in [3.05, 3.63) is 237 Å². The first-order valence-corrected chi connectivity index (χ1v) is 21.3. The Bertz CT molecular complexity index is 3500. The predicted molar refractivity (Wildman–Crippen MR) is 263 cm³/mol. The molecule has 1 aromatic heterocycles. The average molecular weight is 790 g/mol. The van der Waals surface area contributed by atoms with Crippen molar-refractivity contribution in [2.75, 3.05) is 4.90 Å². The quantitative estimate of drug-likeness (QED) is 0.150. The van der Waals surface area contributed by atoms with E-state index in [9.17, 15) is 0 Å². The Balaban J connectivity index is 1.06. The third-order valence-corrected chi connectivity index (χ3v) is 12.5. The molecule has 2 heteroatoms. The van der Waals surface area contributed by atoms with Crippen molar-refractivity contribution in [1.82, 2.24) is 0 Å². The van der Waals surface area contributed by atoms with Gasteiger partial charge in [-0.2, -0.15) is 0 Å². The Hall–Kier alpha value is -8.20. The highest BCUT2D eigenvalue weighted by Gasteiger charge is 2.23. The lowest BCUT2D eigenvalue weighted by Crippen LogP contribution is -2.09. The van der Waals surface area contributed by atoms with Gasteiger partial charge in [0.2, 0.25) is 0 Å². The van der Waals surface area contributed by atoms with E-state index in [0.717, 1.165) is 61.1 Å². The predicted octanol–water partition coefficient (Wildman–Crippen LogP) is 17.2. The van der Waals surface area contributed by atoms with Crippen LogP contribution in [0.2, 0.25) is 0 Å². The average Bonchev–Trinajstić information content (AvgIpc) is 3.75. The largest absolute Gasteiger partial charge is 0.455 e. The lowest BCUT2D eigenvalue weighted by molar-refractivity contribution is 0.674. The van der Waals surface area contributed by atoms with Gasteiger partial charge in [-0.25, -0.2) is 0 Å². The monoisotopic (exact) mass is 789 g/mol. The normalized spacial score (nSPS) is 11.5. The van der Waals surface area contributed by atoms with Crippen molar-refractivity contribution < 1.29 is 4.42 Å². The van der Waals surface area contributed by atoms with Crippen LogP contribution in [0.25, 0.3) is 98.8 Å². The molecular formula is C60H39NO. The van der Waals surface area contributed by atoms with Crippen LogP contribution in [0.1, 0.15) is 0 Å². The van der Waals surface area contributed by atoms with Gasteiger partial charge in [0.05, 0.1) is 0 Å². The molecule has 290 valence electrons. The van der Waals surface area contributed by atoms with Crippen LogP contribution in [0.3, 0.4) is 0 Å². The Morgan fingerprint density at radius 3 is 1.31 bits per heavy atom. The molecule has 12 aromatic rings. The van der Waals surface area contributed by atoms with Gasteiger partial charge in [0.15, 0.2) is 0 Å². The minimum absolute atomic E-state index is 0.893. The Kier molecular flexibility index (Phi) is 8.53. The molecule has 12 rings (SSSR count). The topological polar surface area (TPSA) is 16.4 Å². The van der Waals surface area contributed by atoms with Crippen molar-refractivity contribution in [1.29, 1.82) is 0 Å². The number of rotatable bonds is 7. The van der Waals surface area contributed by atoms with Gasteiger partial charge in [-0.3, -0.25) is 0 Å². The first kappa shape index (κ1) is 35.7. The van der Waals surface area contributed by atoms with Crippen LogP contribution in [-0.4, -0.2) is 0 Å². The molecular weight excluding hydrogens is 751 g/mol. The van der Waals surface area contributed by atoms with E-state index in [4.69, 9.17) is 4.42 Å². The van der Waals surface area contributed by atoms with Crippen LogP contribution in [0.5, 0.6) is 0 Å². The highest BCUT2D eigenvalue weighted by molar-refractivity contribution is 6.31. The van der Waals surface area contributed by atoms with Gasteiger partial charge >= 0.3 is 0 Å². The number of hydrogen-bond acceptors (Lipinski definition) is 2. The van der Waals surface area contributed by atoms with Crippen LogP contribution in [0, 0.1) is 0 Å². The highest BCUT2D eigenvalue weighted by Crippen LogP contribution is 2.48. The Morgan fingerprint density at radius 1 is 0.258 bits per heavy atom. The summed E-state index contributed by atoms with van der Waals surface area (Å²) in [4.78, 5) is 2.35. The minimum Gasteiger partial charge on any atom is -0.455 e. The van der Waals surface area contributed by atoms with Crippen LogP contribution < -0.4 is 4.90 Å². The van der Waals surface area contributed by atoms with Gasteiger partial charge in [-0.05, 0) is 108 Å². The van der Waals surface area contributed by atoms with Crippen molar-refractivity contribution in [2.45, 2.75) is 0 Å². The van der Waals surface area contributed by atoms with E-state index in [1.165, 1.54) is 54.7 Å². The van der Waals surface area contributed by atoms with Crippen LogP contribution in [-0.2, 0) is 0 Å². The first-order chi connectivity index (χ1) is 30.8. The summed E-state index contributed by atoms with van der Waals surface area (Å²) in [5.74, 6) is 0. The molecule has 0 amide bonds. The Labute approximate surface area is 360 Å². The maximum Gasteiger partial charge on any atom is 0.143 e. The molecule has 1 heterocycles. The maximum absolute atomic E-state index is 7.23. The zero-order chi connectivity index (χ0) is 41.0. The van der Waals surface area contributed by atoms with E-state index in [1.54, 1.807) is 0 Å². The number of nitrogens with zero attached hydrogens (tertiary/aromatic N) is 1. The second-order valence-electron chi connectivity index (χ2n) is 16.0. The van der Waals surface area contributed by atoms with E-state index in [1.807, 2.05) is 0 Å². The lowest BCUT2D eigenvalue weighted by Gasteiger charge is -2.26. The Morgan fingerprint density at radius 2 is 0.710 bits per heavy atom. The molecule has 0 bridgehead atoms. The second kappa shape index (κ2) is 14.8. The molecule has 0 aliphatic rings. The molecule has 0 aliphatic carbocycles. The van der Waals surface area contributed by atoms with Crippen molar-refractivity contribution in [3.63, 3.8) is 0 Å². The van der Waals surface area contributed by atoms with Gasteiger partial charge in [-0.15, -0.1) is 0 Å². The van der Waals surface area contributed by atoms with Gasteiger partial charge in [0, 0.05) is 38.8 Å². The van der Waals surface area contributed by atoms with E-state index >= 15 is 0 Å². The summed E-state index contributed by atoms with van der Waals surface area (Å²) in [6.07, 6.45) is 0. The van der Waals surface area contributed by atoms with Gasteiger partial charge in [0.1, 0.15) is 11.2 Å². The van der Waals surface area contributed by atoms with Crippen LogP contribution in [0.15, 0.2) is 241 Å². The molecule has 0 aliphatic heterocycles. The SMILES string of the molecule is c1ccc(-c2ccc(N(c3ccc(-c4ccccc4)cc3)c3ccc(-c4c(-c5cccc6ccccc56)ccc5c4oc4c6ccccc6c6ccccc6c54)cc3)cc2)cc1. The molecule has 0 N–H and O–H groups in total. The maximum atomic E-state index is 7.23. The summed E-state index contributed by atoms with van der Waals surface area (Å²) in [7, 11) is 0. The van der Waals surface area contributed by atoms with Crippen LogP contribution >= 0.6 is 0 Å². The number of fused-ring (bicyclic) bond motifs is 9. The molecule has 0 radical (unpaired) electrons. The molecule has 62 heavy (non-hydrogen) atoms. The third-order valence-electron chi connectivity index (χ3n) is 12.5. The van der Waals surface area contributed by atoms with Gasteiger partial charge in [0.25, 0.3) is 0 Å². The fraction of sp³-hybridized carbons (Fsp3) is 0. The van der Waals surface area contributed by atoms with E-state index in [0.29, 0.717) is 0 Å². The van der Waals surface area contributed by atoms with Crippen molar-refractivity contribution >= 4 is 71.3 Å². The molecule has 0 saturated heterocycles. The number of benzene rings is 11. The second-order valence-corrected chi connectivity index (χ2v) is 16.0. The highest BCUT2D eigenvalue weighted by atomic mass is 16.3. The third kappa shape index (κ3) is 5.96. The summed E-state index contributed by atoms with van der Waals surface area (Å²) >= 11 is 0. The van der Waals surface area contributed by atoms with Gasteiger partial charge < -0.3 is 9.32 Å². The van der Waals surface area contributed by atoms with E-state index < -0.39 is 0 Å². The summed E-state index contributed by atoms with van der Waals surface area (Å²) in [6, 6.07) is 85.2. The summed E-state index contributed by atoms with van der Waals surface area (Å²) in [6.45, 7) is 0. The van der Waals surface area contributed by atoms with Crippen LogP contribution in [0.4, 0.5) is 17.1 Å². The summed E-state index contributed by atoms with van der Waals surface area (Å²) in [5.41, 5.74) is 14.3. The summed E-state index contributed by atoms with van der Waals surface area (Å²) in [5, 5.41) is 9.44. The molecule has 0 saturated carbocycles. The van der Waals surface area contributed by atoms with Gasteiger partial charge in [-0.1, -0.05) is 194 Å². The zero-order valence-electron chi connectivity index (χ0n) is 33.9. The molecule has 0 atom stereocenters. The molecule has 11 aromatic carbocycles. The minimum atomic E-state index is 0.893.